The van der Waals surface area contributed by atoms with Gasteiger partial charge in [0.15, 0.2) is 0 Å². The first-order valence-electron chi connectivity index (χ1n) is 4.56. The van der Waals surface area contributed by atoms with Crippen LogP contribution >= 0.6 is 11.8 Å². The van der Waals surface area contributed by atoms with Crippen molar-refractivity contribution in [3.63, 3.8) is 0 Å². The van der Waals surface area contributed by atoms with E-state index in [-0.39, 0.29) is 0 Å². The van der Waals surface area contributed by atoms with E-state index in [9.17, 15) is 4.79 Å². The van der Waals surface area contributed by atoms with Gasteiger partial charge in [-0.1, -0.05) is 20.8 Å². The lowest BCUT2D eigenvalue weighted by Gasteiger charge is -2.34. The Labute approximate surface area is 78.7 Å². The third-order valence-corrected chi connectivity index (χ3v) is 3.30. The molecule has 0 aromatic heterocycles. The van der Waals surface area contributed by atoms with Gasteiger partial charge in [0.2, 0.25) is 5.91 Å². The van der Waals surface area contributed by atoms with Crippen LogP contribution in [0, 0.1) is 0 Å². The second-order valence-electron chi connectivity index (χ2n) is 3.41. The molecule has 0 aromatic carbocycles. The lowest BCUT2D eigenvalue weighted by molar-refractivity contribution is -0.131. The van der Waals surface area contributed by atoms with Crippen molar-refractivity contribution < 1.29 is 4.79 Å². The molecule has 0 spiro atoms. The molecule has 3 heteroatoms. The van der Waals surface area contributed by atoms with Gasteiger partial charge in [-0.2, -0.15) is 11.8 Å². The molecule has 2 unspecified atom stereocenters. The van der Waals surface area contributed by atoms with Crippen LogP contribution < -0.4 is 0 Å². The third-order valence-electron chi connectivity index (χ3n) is 2.07. The van der Waals surface area contributed by atoms with Crippen molar-refractivity contribution in [2.24, 2.45) is 0 Å². The summed E-state index contributed by atoms with van der Waals surface area (Å²) >= 11 is 1.98. The molecule has 1 saturated heterocycles. The average Bonchev–Trinajstić information content (AvgIpc) is 2.01. The predicted molar refractivity (Wildman–Crippen MR) is 53.4 cm³/mol. The SMILES string of the molecule is CCC(=O)N1CC(C)SC(C)C1. The number of hydrogen-bond acceptors (Lipinski definition) is 2. The van der Waals surface area contributed by atoms with E-state index in [1.165, 1.54) is 0 Å². The standard InChI is InChI=1S/C9H17NOS/c1-4-9(11)10-5-7(2)12-8(3)6-10/h7-8H,4-6H2,1-3H3. The maximum atomic E-state index is 11.4. The Bertz CT molecular complexity index is 162. The molecule has 0 aromatic rings. The zero-order valence-electron chi connectivity index (χ0n) is 8.04. The van der Waals surface area contributed by atoms with E-state index in [2.05, 4.69) is 13.8 Å². The molecule has 0 N–H and O–H groups in total. The van der Waals surface area contributed by atoms with Gasteiger partial charge in [0, 0.05) is 30.0 Å². The molecular weight excluding hydrogens is 170 g/mol. The van der Waals surface area contributed by atoms with Crippen molar-refractivity contribution >= 4 is 17.7 Å². The van der Waals surface area contributed by atoms with E-state index < -0.39 is 0 Å². The molecule has 0 aliphatic carbocycles. The fourth-order valence-corrected chi connectivity index (χ4v) is 2.93. The Morgan fingerprint density at radius 1 is 1.42 bits per heavy atom. The summed E-state index contributed by atoms with van der Waals surface area (Å²) < 4.78 is 0. The lowest BCUT2D eigenvalue weighted by Crippen LogP contribution is -2.43. The summed E-state index contributed by atoms with van der Waals surface area (Å²) in [6.07, 6.45) is 0.643. The number of nitrogens with zero attached hydrogens (tertiary/aromatic N) is 1. The molecule has 2 atom stereocenters. The monoisotopic (exact) mass is 187 g/mol. The molecule has 1 heterocycles. The molecule has 70 valence electrons. The zero-order chi connectivity index (χ0) is 9.14. The number of amides is 1. The Kier molecular flexibility index (Phi) is 3.44. The van der Waals surface area contributed by atoms with Gasteiger partial charge < -0.3 is 4.90 Å². The molecule has 0 bridgehead atoms. The van der Waals surface area contributed by atoms with E-state index in [1.54, 1.807) is 0 Å². The van der Waals surface area contributed by atoms with Crippen LogP contribution in [0.25, 0.3) is 0 Å². The molecule has 1 fully saturated rings. The summed E-state index contributed by atoms with van der Waals surface area (Å²) in [6, 6.07) is 0. The van der Waals surface area contributed by atoms with E-state index in [0.29, 0.717) is 22.8 Å². The fourth-order valence-electron chi connectivity index (χ4n) is 1.61. The average molecular weight is 187 g/mol. The van der Waals surface area contributed by atoms with Crippen LogP contribution in [0.1, 0.15) is 27.2 Å². The highest BCUT2D eigenvalue weighted by Crippen LogP contribution is 2.24. The van der Waals surface area contributed by atoms with Gasteiger partial charge in [0.1, 0.15) is 0 Å². The van der Waals surface area contributed by atoms with Crippen LogP contribution in [0.15, 0.2) is 0 Å². The Morgan fingerprint density at radius 2 is 1.92 bits per heavy atom. The highest BCUT2D eigenvalue weighted by atomic mass is 32.2. The molecular formula is C9H17NOS. The van der Waals surface area contributed by atoms with Gasteiger partial charge in [-0.15, -0.1) is 0 Å². The molecule has 1 rings (SSSR count). The zero-order valence-corrected chi connectivity index (χ0v) is 8.86. The van der Waals surface area contributed by atoms with Crippen molar-refractivity contribution in [1.82, 2.24) is 4.90 Å². The highest BCUT2D eigenvalue weighted by Gasteiger charge is 2.24. The van der Waals surface area contributed by atoms with Gasteiger partial charge in [-0.3, -0.25) is 4.79 Å². The van der Waals surface area contributed by atoms with E-state index in [0.717, 1.165) is 13.1 Å². The molecule has 2 nitrogen and oxygen atoms in total. The van der Waals surface area contributed by atoms with Crippen LogP contribution in [-0.4, -0.2) is 34.4 Å². The quantitative estimate of drug-likeness (QED) is 0.623. The van der Waals surface area contributed by atoms with Gasteiger partial charge in [-0.05, 0) is 0 Å². The number of carbonyl (C=O) groups excluding carboxylic acids is 1. The topological polar surface area (TPSA) is 20.3 Å². The van der Waals surface area contributed by atoms with Crippen LogP contribution in [0.5, 0.6) is 0 Å². The normalized spacial score (nSPS) is 30.4. The van der Waals surface area contributed by atoms with Crippen molar-refractivity contribution in [1.29, 1.82) is 0 Å². The molecule has 1 amide bonds. The number of hydrogen-bond donors (Lipinski definition) is 0. The van der Waals surface area contributed by atoms with Crippen molar-refractivity contribution in [3.05, 3.63) is 0 Å². The largest absolute Gasteiger partial charge is 0.341 e. The highest BCUT2D eigenvalue weighted by molar-refractivity contribution is 8.00. The van der Waals surface area contributed by atoms with Crippen LogP contribution in [-0.2, 0) is 4.79 Å². The van der Waals surface area contributed by atoms with Crippen LogP contribution in [0.4, 0.5) is 0 Å². The summed E-state index contributed by atoms with van der Waals surface area (Å²) in [5.41, 5.74) is 0. The second kappa shape index (κ2) is 4.17. The van der Waals surface area contributed by atoms with Crippen LogP contribution in [0.2, 0.25) is 0 Å². The number of thioether (sulfide) groups is 1. The molecule has 0 radical (unpaired) electrons. The first-order chi connectivity index (χ1) is 5.63. The molecule has 1 aliphatic rings. The van der Waals surface area contributed by atoms with E-state index in [4.69, 9.17) is 0 Å². The third kappa shape index (κ3) is 2.41. The van der Waals surface area contributed by atoms with Crippen molar-refractivity contribution in [2.75, 3.05) is 13.1 Å². The van der Waals surface area contributed by atoms with Crippen molar-refractivity contribution in [3.8, 4) is 0 Å². The summed E-state index contributed by atoms with van der Waals surface area (Å²) in [4.78, 5) is 13.4. The Hall–Kier alpha value is -0.180. The predicted octanol–water partition coefficient (Wildman–Crippen LogP) is 1.75. The summed E-state index contributed by atoms with van der Waals surface area (Å²) in [6.45, 7) is 8.18. The van der Waals surface area contributed by atoms with Gasteiger partial charge in [0.05, 0.1) is 0 Å². The van der Waals surface area contributed by atoms with Crippen molar-refractivity contribution in [2.45, 2.75) is 37.7 Å². The fraction of sp³-hybridized carbons (Fsp3) is 0.889. The van der Waals surface area contributed by atoms with Gasteiger partial charge in [-0.25, -0.2) is 0 Å². The Balaban J connectivity index is 2.49. The minimum Gasteiger partial charge on any atom is -0.341 e. The van der Waals surface area contributed by atoms with E-state index in [1.807, 2.05) is 23.6 Å². The van der Waals surface area contributed by atoms with Crippen LogP contribution in [0.3, 0.4) is 0 Å². The first kappa shape index (κ1) is 9.90. The molecule has 0 saturated carbocycles. The summed E-state index contributed by atoms with van der Waals surface area (Å²) in [7, 11) is 0. The maximum absolute atomic E-state index is 11.4. The smallest absolute Gasteiger partial charge is 0.222 e. The summed E-state index contributed by atoms with van der Waals surface area (Å²) in [5.74, 6) is 0.300. The van der Waals surface area contributed by atoms with Gasteiger partial charge >= 0.3 is 0 Å². The maximum Gasteiger partial charge on any atom is 0.222 e. The number of carbonyl (C=O) groups is 1. The minimum absolute atomic E-state index is 0.300. The summed E-state index contributed by atoms with van der Waals surface area (Å²) in [5, 5.41) is 1.20. The Morgan fingerprint density at radius 3 is 2.33 bits per heavy atom. The second-order valence-corrected chi connectivity index (χ2v) is 5.29. The first-order valence-corrected chi connectivity index (χ1v) is 5.51. The molecule has 12 heavy (non-hydrogen) atoms. The lowest BCUT2D eigenvalue weighted by atomic mass is 10.3. The minimum atomic E-state index is 0.300. The molecule has 1 aliphatic heterocycles. The van der Waals surface area contributed by atoms with Gasteiger partial charge in [0.25, 0.3) is 0 Å². The number of rotatable bonds is 1. The van der Waals surface area contributed by atoms with E-state index >= 15 is 0 Å².